The zero-order valence-corrected chi connectivity index (χ0v) is 15.3. The molecular formula is C18H25N3O4. The second-order valence-electron chi connectivity index (χ2n) is 5.10. The first-order valence-electron chi connectivity index (χ1n) is 8.50. The summed E-state index contributed by atoms with van der Waals surface area (Å²) in [4.78, 5) is 50.4. The van der Waals surface area contributed by atoms with E-state index >= 15 is 0 Å². The Morgan fingerprint density at radius 1 is 1.00 bits per heavy atom. The van der Waals surface area contributed by atoms with Gasteiger partial charge >= 0.3 is 0 Å². The van der Waals surface area contributed by atoms with Crippen LogP contribution in [0.3, 0.4) is 0 Å². The molecular weight excluding hydrogens is 322 g/mol. The number of benzene rings is 1. The number of hydrogen-bond donors (Lipinski definition) is 1. The Bertz CT molecular complexity index is 700. The first-order chi connectivity index (χ1) is 11.9. The van der Waals surface area contributed by atoms with Crippen LogP contribution in [0.5, 0.6) is 0 Å². The number of imide groups is 2. The van der Waals surface area contributed by atoms with Gasteiger partial charge in [0.15, 0.2) is 0 Å². The van der Waals surface area contributed by atoms with Crippen LogP contribution in [0.4, 0.5) is 5.69 Å². The Balaban J connectivity index is 0.000000730. The lowest BCUT2D eigenvalue weighted by molar-refractivity contribution is -0.149. The molecule has 2 heterocycles. The van der Waals surface area contributed by atoms with Crippen LogP contribution in [0, 0.1) is 0 Å². The number of anilines is 1. The molecule has 136 valence electrons. The van der Waals surface area contributed by atoms with E-state index in [1.807, 2.05) is 27.7 Å². The van der Waals surface area contributed by atoms with E-state index in [4.69, 9.17) is 5.73 Å². The first kappa shape index (κ1) is 20.3. The van der Waals surface area contributed by atoms with Crippen molar-refractivity contribution in [1.29, 1.82) is 0 Å². The number of hydrogen-bond acceptors (Lipinski definition) is 5. The molecule has 0 saturated carbocycles. The van der Waals surface area contributed by atoms with E-state index in [-0.39, 0.29) is 35.6 Å². The Kier molecular flexibility index (Phi) is 6.85. The highest BCUT2D eigenvalue weighted by atomic mass is 16.2. The van der Waals surface area contributed by atoms with Crippen molar-refractivity contribution in [3.63, 3.8) is 0 Å². The smallest absolute Gasteiger partial charge is 0.264 e. The fraction of sp³-hybridized carbons (Fsp3) is 0.444. The average molecular weight is 347 g/mol. The Hall–Kier alpha value is -2.70. The highest BCUT2D eigenvalue weighted by Gasteiger charge is 2.46. The normalized spacial score (nSPS) is 19.0. The summed E-state index contributed by atoms with van der Waals surface area (Å²) in [5.41, 5.74) is 6.30. The van der Waals surface area contributed by atoms with Gasteiger partial charge in [0, 0.05) is 19.2 Å². The van der Waals surface area contributed by atoms with Gasteiger partial charge in [-0.05, 0) is 18.6 Å². The standard InChI is InChI=1S/C14H13N3O4.2C2H6/c1-16-10(18)6-5-9(13(16)20)17-12(19)7-3-2-4-8(15)11(7)14(17)21;2*1-2/h2-4,9H,5-6,15H2,1H3;2*1-2H3. The van der Waals surface area contributed by atoms with Crippen LogP contribution in [-0.2, 0) is 9.59 Å². The number of piperidine rings is 1. The maximum atomic E-state index is 12.4. The highest BCUT2D eigenvalue weighted by molar-refractivity contribution is 6.25. The molecule has 25 heavy (non-hydrogen) atoms. The molecule has 1 saturated heterocycles. The zero-order chi connectivity index (χ0) is 19.3. The maximum Gasteiger partial charge on any atom is 0.264 e. The molecule has 0 spiro atoms. The fourth-order valence-corrected chi connectivity index (χ4v) is 2.75. The molecule has 1 aromatic carbocycles. The molecule has 4 amide bonds. The lowest BCUT2D eigenvalue weighted by Crippen LogP contribution is -2.54. The van der Waals surface area contributed by atoms with Crippen LogP contribution in [0.25, 0.3) is 0 Å². The second-order valence-corrected chi connectivity index (χ2v) is 5.10. The van der Waals surface area contributed by atoms with Crippen LogP contribution in [0.1, 0.15) is 61.3 Å². The molecule has 0 aliphatic carbocycles. The first-order valence-corrected chi connectivity index (χ1v) is 8.50. The molecule has 2 N–H and O–H groups in total. The summed E-state index contributed by atoms with van der Waals surface area (Å²) in [6, 6.07) is 3.68. The number of carbonyl (C=O) groups excluding carboxylic acids is 4. The minimum absolute atomic E-state index is 0.121. The third kappa shape index (κ3) is 3.40. The van der Waals surface area contributed by atoms with Gasteiger partial charge in [0.2, 0.25) is 5.91 Å². The number of nitrogens with zero attached hydrogens (tertiary/aromatic N) is 2. The van der Waals surface area contributed by atoms with Crippen LogP contribution in [0.2, 0.25) is 0 Å². The van der Waals surface area contributed by atoms with E-state index in [9.17, 15) is 19.2 Å². The van der Waals surface area contributed by atoms with Crippen molar-refractivity contribution in [1.82, 2.24) is 9.80 Å². The van der Waals surface area contributed by atoms with Crippen molar-refractivity contribution in [3.05, 3.63) is 29.3 Å². The van der Waals surface area contributed by atoms with Crippen molar-refractivity contribution < 1.29 is 19.2 Å². The van der Waals surface area contributed by atoms with Gasteiger partial charge in [0.1, 0.15) is 6.04 Å². The Morgan fingerprint density at radius 2 is 1.60 bits per heavy atom. The Morgan fingerprint density at radius 3 is 2.16 bits per heavy atom. The monoisotopic (exact) mass is 347 g/mol. The summed E-state index contributed by atoms with van der Waals surface area (Å²) >= 11 is 0. The summed E-state index contributed by atoms with van der Waals surface area (Å²) < 4.78 is 0. The predicted molar refractivity (Wildman–Crippen MR) is 94.8 cm³/mol. The molecule has 0 bridgehead atoms. The van der Waals surface area contributed by atoms with Gasteiger partial charge < -0.3 is 5.73 Å². The summed E-state index contributed by atoms with van der Waals surface area (Å²) in [7, 11) is 1.35. The molecule has 7 nitrogen and oxygen atoms in total. The molecule has 2 aliphatic heterocycles. The van der Waals surface area contributed by atoms with Crippen molar-refractivity contribution in [2.45, 2.75) is 46.6 Å². The van der Waals surface area contributed by atoms with E-state index in [2.05, 4.69) is 0 Å². The minimum atomic E-state index is -0.945. The van der Waals surface area contributed by atoms with Gasteiger partial charge in [-0.1, -0.05) is 33.8 Å². The molecule has 1 atom stereocenters. The predicted octanol–water partition coefficient (Wildman–Crippen LogP) is 2.06. The summed E-state index contributed by atoms with van der Waals surface area (Å²) in [5.74, 6) is -1.97. The van der Waals surface area contributed by atoms with Gasteiger partial charge in [-0.3, -0.25) is 29.0 Å². The maximum absolute atomic E-state index is 12.4. The van der Waals surface area contributed by atoms with Crippen LogP contribution in [-0.4, -0.2) is 46.5 Å². The lowest BCUT2D eigenvalue weighted by atomic mass is 10.0. The van der Waals surface area contributed by atoms with Gasteiger partial charge in [-0.15, -0.1) is 0 Å². The molecule has 1 fully saturated rings. The van der Waals surface area contributed by atoms with Crippen LogP contribution >= 0.6 is 0 Å². The van der Waals surface area contributed by atoms with Crippen molar-refractivity contribution in [2.24, 2.45) is 0 Å². The van der Waals surface area contributed by atoms with Gasteiger partial charge in [0.05, 0.1) is 11.1 Å². The van der Waals surface area contributed by atoms with Crippen molar-refractivity contribution in [2.75, 3.05) is 12.8 Å². The highest BCUT2D eigenvalue weighted by Crippen LogP contribution is 2.31. The van der Waals surface area contributed by atoms with Crippen LogP contribution < -0.4 is 5.73 Å². The average Bonchev–Trinajstić information content (AvgIpc) is 2.89. The summed E-state index contributed by atoms with van der Waals surface area (Å²) in [6.07, 6.45) is 0.267. The van der Waals surface area contributed by atoms with E-state index < -0.39 is 23.8 Å². The summed E-state index contributed by atoms with van der Waals surface area (Å²) in [5, 5.41) is 0. The largest absolute Gasteiger partial charge is 0.398 e. The van der Waals surface area contributed by atoms with Gasteiger partial charge in [-0.2, -0.15) is 0 Å². The molecule has 1 unspecified atom stereocenters. The van der Waals surface area contributed by atoms with E-state index in [0.717, 1.165) is 9.80 Å². The fourth-order valence-electron chi connectivity index (χ4n) is 2.75. The van der Waals surface area contributed by atoms with Gasteiger partial charge in [-0.25, -0.2) is 0 Å². The third-order valence-electron chi connectivity index (χ3n) is 3.91. The molecule has 7 heteroatoms. The molecule has 3 rings (SSSR count). The van der Waals surface area contributed by atoms with E-state index in [1.54, 1.807) is 6.07 Å². The zero-order valence-electron chi connectivity index (χ0n) is 15.3. The number of rotatable bonds is 1. The van der Waals surface area contributed by atoms with E-state index in [0.29, 0.717) is 0 Å². The topological polar surface area (TPSA) is 101 Å². The Labute approximate surface area is 147 Å². The number of nitrogen functional groups attached to an aromatic ring is 1. The van der Waals surface area contributed by atoms with E-state index in [1.165, 1.54) is 19.2 Å². The van der Waals surface area contributed by atoms with Gasteiger partial charge in [0.25, 0.3) is 17.7 Å². The quantitative estimate of drug-likeness (QED) is 0.619. The third-order valence-corrected chi connectivity index (χ3v) is 3.91. The number of amides is 4. The van der Waals surface area contributed by atoms with Crippen molar-refractivity contribution in [3.8, 4) is 0 Å². The number of fused-ring (bicyclic) bond motifs is 1. The molecule has 1 aromatic rings. The van der Waals surface area contributed by atoms with Crippen LogP contribution in [0.15, 0.2) is 18.2 Å². The SMILES string of the molecule is CC.CC.CN1C(=O)CCC(N2C(=O)c3cccc(N)c3C2=O)C1=O. The number of likely N-dealkylation sites (tertiary alicyclic amines) is 1. The number of carbonyl (C=O) groups is 4. The summed E-state index contributed by atoms with van der Waals surface area (Å²) in [6.45, 7) is 8.00. The molecule has 0 aromatic heterocycles. The molecule has 2 aliphatic rings. The molecule has 0 radical (unpaired) electrons. The minimum Gasteiger partial charge on any atom is -0.398 e. The number of likely N-dealkylation sites (N-methyl/N-ethyl adjacent to an activating group) is 1. The second kappa shape index (κ2) is 8.41. The van der Waals surface area contributed by atoms with Crippen molar-refractivity contribution >= 4 is 29.3 Å². The number of nitrogens with two attached hydrogens (primary N) is 1. The lowest BCUT2D eigenvalue weighted by Gasteiger charge is -2.32.